The summed E-state index contributed by atoms with van der Waals surface area (Å²) >= 11 is 0. The highest BCUT2D eigenvalue weighted by Gasteiger charge is 2.27. The lowest BCUT2D eigenvalue weighted by molar-refractivity contribution is -0.0373. The molecule has 1 aromatic heterocycles. The number of hydrogen-bond donors (Lipinski definition) is 3. The maximum atomic E-state index is 12.8. The van der Waals surface area contributed by atoms with E-state index < -0.39 is 19.1 Å². The molecule has 0 aliphatic heterocycles. The van der Waals surface area contributed by atoms with E-state index in [1.807, 2.05) is 0 Å². The van der Waals surface area contributed by atoms with Crippen LogP contribution >= 0.6 is 0 Å². The van der Waals surface area contributed by atoms with E-state index in [9.17, 15) is 8.78 Å². The summed E-state index contributed by atoms with van der Waals surface area (Å²) < 4.78 is 25.6. The average Bonchev–Trinajstić information content (AvgIpc) is 2.28. The molecule has 0 aliphatic carbocycles. The Labute approximate surface area is 91.9 Å². The second-order valence-corrected chi connectivity index (χ2v) is 3.31. The Morgan fingerprint density at radius 3 is 2.56 bits per heavy atom. The smallest absolute Gasteiger partial charge is 0.287 e. The SMILES string of the molecule is CNc1ncnc(NCC(F)(F)CO)c1C. The molecule has 0 amide bonds. The lowest BCUT2D eigenvalue weighted by Crippen LogP contribution is -2.31. The molecular formula is C9H14F2N4O. The van der Waals surface area contributed by atoms with Gasteiger partial charge in [-0.15, -0.1) is 0 Å². The van der Waals surface area contributed by atoms with Crippen molar-refractivity contribution >= 4 is 11.6 Å². The molecule has 1 rings (SSSR count). The molecule has 0 aromatic carbocycles. The predicted octanol–water partition coefficient (Wildman–Crippen LogP) is 0.866. The van der Waals surface area contributed by atoms with Crippen LogP contribution < -0.4 is 10.6 Å². The molecule has 0 saturated heterocycles. The van der Waals surface area contributed by atoms with Gasteiger partial charge in [0, 0.05) is 12.6 Å². The van der Waals surface area contributed by atoms with Gasteiger partial charge in [0.15, 0.2) is 0 Å². The highest BCUT2D eigenvalue weighted by Crippen LogP contribution is 2.19. The van der Waals surface area contributed by atoms with Crippen molar-refractivity contribution in [2.24, 2.45) is 0 Å². The molecule has 1 aromatic rings. The molecule has 3 N–H and O–H groups in total. The highest BCUT2D eigenvalue weighted by molar-refractivity contribution is 5.56. The molecule has 0 radical (unpaired) electrons. The van der Waals surface area contributed by atoms with Gasteiger partial charge in [-0.25, -0.2) is 18.7 Å². The van der Waals surface area contributed by atoms with E-state index in [0.29, 0.717) is 17.2 Å². The Bertz CT molecular complexity index is 359. The van der Waals surface area contributed by atoms with Gasteiger partial charge in [-0.05, 0) is 6.92 Å². The first-order valence-corrected chi connectivity index (χ1v) is 4.72. The molecule has 16 heavy (non-hydrogen) atoms. The number of anilines is 2. The molecule has 0 bridgehead atoms. The fraction of sp³-hybridized carbons (Fsp3) is 0.556. The highest BCUT2D eigenvalue weighted by atomic mass is 19.3. The van der Waals surface area contributed by atoms with Gasteiger partial charge >= 0.3 is 0 Å². The van der Waals surface area contributed by atoms with E-state index >= 15 is 0 Å². The largest absolute Gasteiger partial charge is 0.390 e. The number of nitrogens with one attached hydrogen (secondary N) is 2. The lowest BCUT2D eigenvalue weighted by Gasteiger charge is -2.16. The molecule has 0 fully saturated rings. The van der Waals surface area contributed by atoms with Crippen molar-refractivity contribution in [1.82, 2.24) is 9.97 Å². The summed E-state index contributed by atoms with van der Waals surface area (Å²) in [4.78, 5) is 7.77. The monoisotopic (exact) mass is 232 g/mol. The van der Waals surface area contributed by atoms with Gasteiger partial charge in [0.1, 0.15) is 24.6 Å². The summed E-state index contributed by atoms with van der Waals surface area (Å²) in [5.41, 5.74) is 0.652. The van der Waals surface area contributed by atoms with Crippen LogP contribution in [-0.2, 0) is 0 Å². The van der Waals surface area contributed by atoms with E-state index in [1.54, 1.807) is 14.0 Å². The van der Waals surface area contributed by atoms with Gasteiger partial charge in [-0.1, -0.05) is 0 Å². The van der Waals surface area contributed by atoms with E-state index in [1.165, 1.54) is 6.33 Å². The molecule has 0 unspecified atom stereocenters. The van der Waals surface area contributed by atoms with Crippen LogP contribution in [-0.4, -0.2) is 41.2 Å². The lowest BCUT2D eigenvalue weighted by atomic mass is 10.3. The van der Waals surface area contributed by atoms with Crippen LogP contribution in [0.25, 0.3) is 0 Å². The molecule has 5 nitrogen and oxygen atoms in total. The van der Waals surface area contributed by atoms with Crippen molar-refractivity contribution in [2.75, 3.05) is 30.8 Å². The maximum Gasteiger partial charge on any atom is 0.287 e. The minimum absolute atomic E-state index is 0.326. The summed E-state index contributed by atoms with van der Waals surface area (Å²) in [6, 6.07) is 0. The second-order valence-electron chi connectivity index (χ2n) is 3.31. The fourth-order valence-electron chi connectivity index (χ4n) is 1.15. The molecule has 90 valence electrons. The fourth-order valence-corrected chi connectivity index (χ4v) is 1.15. The number of halogens is 2. The number of aliphatic hydroxyl groups excluding tert-OH is 1. The number of rotatable bonds is 5. The standard InChI is InChI=1S/C9H14F2N4O/c1-6-7(12-2)14-5-15-8(6)13-3-9(10,11)4-16/h5,16H,3-4H2,1-2H3,(H2,12,13,14,15). The first kappa shape index (κ1) is 12.6. The van der Waals surface area contributed by atoms with Crippen LogP contribution in [0.5, 0.6) is 0 Å². The van der Waals surface area contributed by atoms with Crippen LogP contribution in [0.1, 0.15) is 5.56 Å². The van der Waals surface area contributed by atoms with E-state index in [0.717, 1.165) is 0 Å². The molecule has 1 heterocycles. The van der Waals surface area contributed by atoms with Gasteiger partial charge in [0.05, 0.1) is 6.54 Å². The number of aliphatic hydroxyl groups is 1. The first-order chi connectivity index (χ1) is 7.50. The topological polar surface area (TPSA) is 70.1 Å². The van der Waals surface area contributed by atoms with Gasteiger partial charge in [-0.3, -0.25) is 0 Å². The minimum atomic E-state index is -3.16. The van der Waals surface area contributed by atoms with Crippen molar-refractivity contribution < 1.29 is 13.9 Å². The zero-order valence-electron chi connectivity index (χ0n) is 9.09. The zero-order chi connectivity index (χ0) is 12.2. The molecule has 7 heteroatoms. The quantitative estimate of drug-likeness (QED) is 0.702. The Morgan fingerprint density at radius 1 is 1.38 bits per heavy atom. The van der Waals surface area contributed by atoms with Gasteiger partial charge < -0.3 is 15.7 Å². The Morgan fingerprint density at radius 2 is 2.00 bits per heavy atom. The predicted molar refractivity (Wildman–Crippen MR) is 56.8 cm³/mol. The number of aromatic nitrogens is 2. The summed E-state index contributed by atoms with van der Waals surface area (Å²) in [7, 11) is 1.68. The third kappa shape index (κ3) is 2.99. The molecule has 0 spiro atoms. The van der Waals surface area contributed by atoms with Crippen molar-refractivity contribution in [2.45, 2.75) is 12.8 Å². The van der Waals surface area contributed by atoms with Crippen LogP contribution in [0.3, 0.4) is 0 Å². The summed E-state index contributed by atoms with van der Waals surface area (Å²) in [6.45, 7) is -0.140. The van der Waals surface area contributed by atoms with Crippen LogP contribution in [0.15, 0.2) is 6.33 Å². The van der Waals surface area contributed by atoms with E-state index in [4.69, 9.17) is 5.11 Å². The number of alkyl halides is 2. The van der Waals surface area contributed by atoms with Crippen molar-refractivity contribution in [3.63, 3.8) is 0 Å². The van der Waals surface area contributed by atoms with Gasteiger partial charge in [0.25, 0.3) is 5.92 Å². The Kier molecular flexibility index (Phi) is 3.94. The normalized spacial score (nSPS) is 11.3. The van der Waals surface area contributed by atoms with Crippen LogP contribution in [0.2, 0.25) is 0 Å². The second kappa shape index (κ2) is 5.02. The molecule has 0 saturated carbocycles. The zero-order valence-corrected chi connectivity index (χ0v) is 9.09. The molecular weight excluding hydrogens is 218 g/mol. The molecule has 0 atom stereocenters. The van der Waals surface area contributed by atoms with Crippen molar-refractivity contribution in [3.8, 4) is 0 Å². The Balaban J connectivity index is 2.75. The van der Waals surface area contributed by atoms with Crippen LogP contribution in [0, 0.1) is 6.92 Å². The Hall–Kier alpha value is -1.50. The third-order valence-corrected chi connectivity index (χ3v) is 2.07. The summed E-state index contributed by atoms with van der Waals surface area (Å²) in [6.07, 6.45) is 1.28. The minimum Gasteiger partial charge on any atom is -0.390 e. The average molecular weight is 232 g/mol. The van der Waals surface area contributed by atoms with Crippen LogP contribution in [0.4, 0.5) is 20.4 Å². The van der Waals surface area contributed by atoms with Gasteiger partial charge in [0.2, 0.25) is 0 Å². The number of nitrogens with zero attached hydrogens (tertiary/aromatic N) is 2. The summed E-state index contributed by atoms with van der Waals surface area (Å²) in [5.74, 6) is -2.26. The maximum absolute atomic E-state index is 12.8. The van der Waals surface area contributed by atoms with Crippen molar-refractivity contribution in [1.29, 1.82) is 0 Å². The third-order valence-electron chi connectivity index (χ3n) is 2.07. The molecule has 0 aliphatic rings. The van der Waals surface area contributed by atoms with Gasteiger partial charge in [-0.2, -0.15) is 0 Å². The number of hydrogen-bond acceptors (Lipinski definition) is 5. The van der Waals surface area contributed by atoms with E-state index in [-0.39, 0.29) is 0 Å². The van der Waals surface area contributed by atoms with Crippen molar-refractivity contribution in [3.05, 3.63) is 11.9 Å². The first-order valence-electron chi connectivity index (χ1n) is 4.72. The van der Waals surface area contributed by atoms with E-state index in [2.05, 4.69) is 20.6 Å². The summed E-state index contributed by atoms with van der Waals surface area (Å²) in [5, 5.41) is 13.7.